The summed E-state index contributed by atoms with van der Waals surface area (Å²) in [6, 6.07) is 0.732. The number of hydrogen-bond donors (Lipinski definition) is 2. The standard InChI is InChI=1S/C11H24N2O/c1-3-13(8-10(2)9-14)11-4-6-12-7-5-11/h10-12,14H,3-9H2,1-2H3. The van der Waals surface area contributed by atoms with Gasteiger partial charge in [-0.25, -0.2) is 0 Å². The largest absolute Gasteiger partial charge is 0.396 e. The second kappa shape index (κ2) is 6.38. The Labute approximate surface area is 87.5 Å². The Bertz CT molecular complexity index is 146. The molecule has 0 bridgehead atoms. The molecule has 1 aliphatic rings. The van der Waals surface area contributed by atoms with Crippen molar-refractivity contribution in [3.05, 3.63) is 0 Å². The van der Waals surface area contributed by atoms with Crippen LogP contribution < -0.4 is 5.32 Å². The van der Waals surface area contributed by atoms with E-state index in [0.29, 0.717) is 12.5 Å². The van der Waals surface area contributed by atoms with Gasteiger partial charge in [-0.2, -0.15) is 0 Å². The molecule has 0 aromatic carbocycles. The second-order valence-corrected chi connectivity index (χ2v) is 4.36. The van der Waals surface area contributed by atoms with Gasteiger partial charge < -0.3 is 15.3 Å². The van der Waals surface area contributed by atoms with Crippen molar-refractivity contribution >= 4 is 0 Å². The molecular weight excluding hydrogens is 176 g/mol. The van der Waals surface area contributed by atoms with E-state index in [1.54, 1.807) is 0 Å². The molecular formula is C11H24N2O. The highest BCUT2D eigenvalue weighted by Crippen LogP contribution is 2.13. The Kier molecular flexibility index (Phi) is 5.45. The van der Waals surface area contributed by atoms with Gasteiger partial charge >= 0.3 is 0 Å². The highest BCUT2D eigenvalue weighted by Gasteiger charge is 2.20. The normalized spacial score (nSPS) is 21.4. The van der Waals surface area contributed by atoms with E-state index in [0.717, 1.165) is 32.2 Å². The van der Waals surface area contributed by atoms with Gasteiger partial charge in [-0.3, -0.25) is 0 Å². The molecule has 0 saturated carbocycles. The molecule has 0 aliphatic carbocycles. The first-order valence-electron chi connectivity index (χ1n) is 5.83. The highest BCUT2D eigenvalue weighted by atomic mass is 16.3. The van der Waals surface area contributed by atoms with E-state index in [1.807, 2.05) is 0 Å². The van der Waals surface area contributed by atoms with E-state index in [1.165, 1.54) is 12.8 Å². The van der Waals surface area contributed by atoms with E-state index in [2.05, 4.69) is 24.1 Å². The molecule has 0 aromatic rings. The van der Waals surface area contributed by atoms with Crippen LogP contribution in [0.2, 0.25) is 0 Å². The number of nitrogens with zero attached hydrogens (tertiary/aromatic N) is 1. The number of aliphatic hydroxyl groups is 1. The molecule has 1 fully saturated rings. The van der Waals surface area contributed by atoms with E-state index in [-0.39, 0.29) is 0 Å². The van der Waals surface area contributed by atoms with Crippen LogP contribution in [0, 0.1) is 5.92 Å². The Hall–Kier alpha value is -0.120. The summed E-state index contributed by atoms with van der Waals surface area (Å²) in [7, 11) is 0. The molecule has 3 nitrogen and oxygen atoms in total. The molecule has 14 heavy (non-hydrogen) atoms. The van der Waals surface area contributed by atoms with Crippen LogP contribution in [-0.2, 0) is 0 Å². The Balaban J connectivity index is 2.35. The predicted molar refractivity (Wildman–Crippen MR) is 59.4 cm³/mol. The monoisotopic (exact) mass is 200 g/mol. The minimum absolute atomic E-state index is 0.307. The average Bonchev–Trinajstić information content (AvgIpc) is 2.26. The molecule has 1 unspecified atom stereocenters. The van der Waals surface area contributed by atoms with Gasteiger partial charge in [0, 0.05) is 19.2 Å². The number of rotatable bonds is 5. The summed E-state index contributed by atoms with van der Waals surface area (Å²) in [4.78, 5) is 2.52. The molecule has 0 amide bonds. The molecule has 2 N–H and O–H groups in total. The first-order chi connectivity index (χ1) is 6.77. The van der Waals surface area contributed by atoms with Crippen LogP contribution in [0.15, 0.2) is 0 Å². The van der Waals surface area contributed by atoms with Crippen molar-refractivity contribution in [2.24, 2.45) is 5.92 Å². The van der Waals surface area contributed by atoms with Gasteiger partial charge in [0.05, 0.1) is 0 Å². The van der Waals surface area contributed by atoms with Crippen LogP contribution in [0.5, 0.6) is 0 Å². The molecule has 1 aliphatic heterocycles. The fourth-order valence-electron chi connectivity index (χ4n) is 2.17. The van der Waals surface area contributed by atoms with E-state index in [9.17, 15) is 0 Å². The van der Waals surface area contributed by atoms with Gasteiger partial charge in [0.25, 0.3) is 0 Å². The maximum absolute atomic E-state index is 9.04. The van der Waals surface area contributed by atoms with E-state index in [4.69, 9.17) is 5.11 Å². The molecule has 0 radical (unpaired) electrons. The fraction of sp³-hybridized carbons (Fsp3) is 1.00. The maximum atomic E-state index is 9.04. The van der Waals surface area contributed by atoms with E-state index < -0.39 is 0 Å². The van der Waals surface area contributed by atoms with Gasteiger partial charge in [-0.1, -0.05) is 13.8 Å². The lowest BCUT2D eigenvalue weighted by molar-refractivity contribution is 0.123. The minimum Gasteiger partial charge on any atom is -0.396 e. The Morgan fingerprint density at radius 3 is 2.57 bits per heavy atom. The van der Waals surface area contributed by atoms with Crippen LogP contribution in [0.1, 0.15) is 26.7 Å². The summed E-state index contributed by atoms with van der Waals surface area (Å²) < 4.78 is 0. The Morgan fingerprint density at radius 2 is 2.07 bits per heavy atom. The van der Waals surface area contributed by atoms with Crippen LogP contribution >= 0.6 is 0 Å². The van der Waals surface area contributed by atoms with Gasteiger partial charge in [-0.15, -0.1) is 0 Å². The minimum atomic E-state index is 0.307. The maximum Gasteiger partial charge on any atom is 0.0468 e. The number of piperidine rings is 1. The third-order valence-electron chi connectivity index (χ3n) is 3.09. The van der Waals surface area contributed by atoms with Crippen molar-refractivity contribution < 1.29 is 5.11 Å². The summed E-state index contributed by atoms with van der Waals surface area (Å²) in [5.74, 6) is 0.407. The van der Waals surface area contributed by atoms with Crippen LogP contribution in [-0.4, -0.2) is 48.8 Å². The first kappa shape index (κ1) is 12.0. The van der Waals surface area contributed by atoms with Crippen LogP contribution in [0.4, 0.5) is 0 Å². The van der Waals surface area contributed by atoms with Gasteiger partial charge in [0.2, 0.25) is 0 Å². The number of nitrogens with one attached hydrogen (secondary N) is 1. The zero-order valence-corrected chi connectivity index (χ0v) is 9.50. The van der Waals surface area contributed by atoms with Crippen molar-refractivity contribution in [1.82, 2.24) is 10.2 Å². The van der Waals surface area contributed by atoms with Crippen LogP contribution in [0.3, 0.4) is 0 Å². The zero-order chi connectivity index (χ0) is 10.4. The lowest BCUT2D eigenvalue weighted by Crippen LogP contribution is -2.45. The third kappa shape index (κ3) is 3.56. The quantitative estimate of drug-likeness (QED) is 0.685. The SMILES string of the molecule is CCN(CC(C)CO)C1CCNCC1. The summed E-state index contributed by atoms with van der Waals surface area (Å²) in [6.45, 7) is 9.08. The molecule has 84 valence electrons. The Morgan fingerprint density at radius 1 is 1.43 bits per heavy atom. The van der Waals surface area contributed by atoms with Crippen molar-refractivity contribution in [1.29, 1.82) is 0 Å². The smallest absolute Gasteiger partial charge is 0.0468 e. The zero-order valence-electron chi connectivity index (χ0n) is 9.50. The molecule has 1 atom stereocenters. The molecule has 1 heterocycles. The summed E-state index contributed by atoms with van der Waals surface area (Å²) in [5, 5.41) is 12.4. The summed E-state index contributed by atoms with van der Waals surface area (Å²) in [6.07, 6.45) is 2.51. The first-order valence-corrected chi connectivity index (χ1v) is 5.83. The number of aliphatic hydroxyl groups excluding tert-OH is 1. The van der Waals surface area contributed by atoms with Gasteiger partial charge in [0.15, 0.2) is 0 Å². The van der Waals surface area contributed by atoms with Crippen LogP contribution in [0.25, 0.3) is 0 Å². The molecule has 1 saturated heterocycles. The topological polar surface area (TPSA) is 35.5 Å². The summed E-state index contributed by atoms with van der Waals surface area (Å²) in [5.41, 5.74) is 0. The predicted octanol–water partition coefficient (Wildman–Crippen LogP) is 0.689. The van der Waals surface area contributed by atoms with Gasteiger partial charge in [-0.05, 0) is 38.4 Å². The van der Waals surface area contributed by atoms with Crippen molar-refractivity contribution in [2.45, 2.75) is 32.7 Å². The van der Waals surface area contributed by atoms with Gasteiger partial charge in [0.1, 0.15) is 0 Å². The summed E-state index contributed by atoms with van der Waals surface area (Å²) >= 11 is 0. The number of hydrogen-bond acceptors (Lipinski definition) is 3. The lowest BCUT2D eigenvalue weighted by Gasteiger charge is -2.35. The van der Waals surface area contributed by atoms with Crippen molar-refractivity contribution in [3.63, 3.8) is 0 Å². The van der Waals surface area contributed by atoms with E-state index >= 15 is 0 Å². The average molecular weight is 200 g/mol. The lowest BCUT2D eigenvalue weighted by atomic mass is 10.0. The molecule has 0 aromatic heterocycles. The third-order valence-corrected chi connectivity index (χ3v) is 3.09. The molecule has 0 spiro atoms. The van der Waals surface area contributed by atoms with Crippen molar-refractivity contribution in [2.75, 3.05) is 32.8 Å². The molecule has 1 rings (SSSR count). The fourth-order valence-corrected chi connectivity index (χ4v) is 2.17. The second-order valence-electron chi connectivity index (χ2n) is 4.36. The van der Waals surface area contributed by atoms with Crippen molar-refractivity contribution in [3.8, 4) is 0 Å². The highest BCUT2D eigenvalue weighted by molar-refractivity contribution is 4.78. The molecule has 3 heteroatoms.